The first kappa shape index (κ1) is 21.9. The normalized spacial score (nSPS) is 21.4. The zero-order valence-corrected chi connectivity index (χ0v) is 19.9. The molecule has 1 aliphatic rings. The first-order chi connectivity index (χ1) is 12.5. The van der Waals surface area contributed by atoms with Gasteiger partial charge < -0.3 is 9.33 Å². The summed E-state index contributed by atoms with van der Waals surface area (Å²) in [6.07, 6.45) is 2.48. The molecule has 1 aromatic carbocycles. The van der Waals surface area contributed by atoms with Gasteiger partial charge in [-0.1, -0.05) is 38.8 Å². The third kappa shape index (κ3) is 4.91. The fourth-order valence-corrected chi connectivity index (χ4v) is 4.68. The number of carbonyl (C=O) groups excluding carboxylic acids is 1. The molecular formula is C23H37NO2Si. The van der Waals surface area contributed by atoms with E-state index in [2.05, 4.69) is 46.4 Å². The van der Waals surface area contributed by atoms with Crippen molar-refractivity contribution in [1.82, 2.24) is 0 Å². The van der Waals surface area contributed by atoms with Gasteiger partial charge >= 0.3 is 0 Å². The number of hydrogen-bond acceptors (Lipinski definition) is 3. The molecule has 0 saturated heterocycles. The molecule has 0 bridgehead atoms. The molecular weight excluding hydrogens is 350 g/mol. The van der Waals surface area contributed by atoms with Crippen molar-refractivity contribution in [1.29, 1.82) is 0 Å². The summed E-state index contributed by atoms with van der Waals surface area (Å²) in [5.41, 5.74) is 3.92. The summed E-state index contributed by atoms with van der Waals surface area (Å²) in [5.74, 6) is 0.712. The SMILES string of the molecule is CC1=C(C)CC(O[SiH2]C(C)(C)C(C)C)(C(=O)c2ccc(N(C)C)cc2)CC1. The molecule has 150 valence electrons. The van der Waals surface area contributed by atoms with Gasteiger partial charge in [-0.15, -0.1) is 0 Å². The van der Waals surface area contributed by atoms with Crippen LogP contribution in [-0.2, 0) is 4.43 Å². The lowest BCUT2D eigenvalue weighted by atomic mass is 9.77. The van der Waals surface area contributed by atoms with Crippen LogP contribution in [0.2, 0.25) is 5.04 Å². The quantitative estimate of drug-likeness (QED) is 0.368. The first-order valence-electron chi connectivity index (χ1n) is 10.1. The fourth-order valence-electron chi connectivity index (χ4n) is 3.32. The predicted molar refractivity (Wildman–Crippen MR) is 119 cm³/mol. The maximum absolute atomic E-state index is 13.6. The number of ketones is 1. The van der Waals surface area contributed by atoms with Crippen LogP contribution >= 0.6 is 0 Å². The molecule has 1 unspecified atom stereocenters. The molecule has 0 saturated carbocycles. The minimum Gasteiger partial charge on any atom is -0.410 e. The molecule has 3 nitrogen and oxygen atoms in total. The van der Waals surface area contributed by atoms with Gasteiger partial charge in [-0.25, -0.2) is 0 Å². The van der Waals surface area contributed by atoms with E-state index in [-0.39, 0.29) is 10.8 Å². The molecule has 2 rings (SSSR count). The van der Waals surface area contributed by atoms with E-state index in [9.17, 15) is 4.79 Å². The van der Waals surface area contributed by atoms with Crippen LogP contribution in [-0.4, -0.2) is 35.2 Å². The van der Waals surface area contributed by atoms with Crippen molar-refractivity contribution in [2.75, 3.05) is 19.0 Å². The monoisotopic (exact) mass is 387 g/mol. The van der Waals surface area contributed by atoms with E-state index in [4.69, 9.17) is 4.43 Å². The van der Waals surface area contributed by atoms with Gasteiger partial charge in [0.1, 0.15) is 5.60 Å². The minimum atomic E-state index is -0.869. The van der Waals surface area contributed by atoms with Crippen molar-refractivity contribution in [2.45, 2.75) is 71.4 Å². The van der Waals surface area contributed by atoms with Crippen LogP contribution in [0.15, 0.2) is 35.4 Å². The minimum absolute atomic E-state index is 0.159. The summed E-state index contributed by atoms with van der Waals surface area (Å²) < 4.78 is 6.65. The summed E-state index contributed by atoms with van der Waals surface area (Å²) in [4.78, 5) is 15.7. The topological polar surface area (TPSA) is 29.5 Å². The van der Waals surface area contributed by atoms with Crippen LogP contribution in [0, 0.1) is 5.92 Å². The third-order valence-corrected chi connectivity index (χ3v) is 8.78. The zero-order valence-electron chi connectivity index (χ0n) is 18.5. The molecule has 0 fully saturated rings. The number of carbonyl (C=O) groups is 1. The molecule has 0 amide bonds. The molecule has 1 atom stereocenters. The highest BCUT2D eigenvalue weighted by atomic mass is 28.2. The van der Waals surface area contributed by atoms with Gasteiger partial charge in [0.2, 0.25) is 0 Å². The van der Waals surface area contributed by atoms with Crippen LogP contribution in [0.3, 0.4) is 0 Å². The number of rotatable bonds is 7. The number of nitrogens with zero attached hydrogens (tertiary/aromatic N) is 1. The Hall–Kier alpha value is -1.39. The largest absolute Gasteiger partial charge is 0.410 e. The second kappa shape index (κ2) is 8.32. The molecule has 0 spiro atoms. The van der Waals surface area contributed by atoms with Crippen molar-refractivity contribution in [2.24, 2.45) is 5.92 Å². The van der Waals surface area contributed by atoms with E-state index in [0.717, 1.165) is 30.5 Å². The molecule has 0 aliphatic heterocycles. The number of benzene rings is 1. The summed E-state index contributed by atoms with van der Waals surface area (Å²) in [6, 6.07) is 7.96. The standard InChI is InChI=1S/C23H37NO2Si/c1-16(2)22(5,6)27-26-23(14-13-17(3)18(4)15-23)21(25)19-9-11-20(12-10-19)24(7)8/h9-12,16H,13-15,27H2,1-8H3. The first-order valence-corrected chi connectivity index (χ1v) is 11.4. The van der Waals surface area contributed by atoms with E-state index in [1.54, 1.807) is 0 Å². The lowest BCUT2D eigenvalue weighted by molar-refractivity contribution is 0.0373. The summed E-state index contributed by atoms with van der Waals surface area (Å²) >= 11 is 0. The highest BCUT2D eigenvalue weighted by molar-refractivity contribution is 6.33. The Morgan fingerprint density at radius 3 is 2.22 bits per heavy atom. The average molecular weight is 388 g/mol. The average Bonchev–Trinajstić information content (AvgIpc) is 2.62. The lowest BCUT2D eigenvalue weighted by Crippen LogP contribution is -2.46. The van der Waals surface area contributed by atoms with E-state index in [1.165, 1.54) is 11.1 Å². The molecule has 1 aromatic rings. The highest BCUT2D eigenvalue weighted by Gasteiger charge is 2.43. The van der Waals surface area contributed by atoms with Crippen molar-refractivity contribution in [3.05, 3.63) is 41.0 Å². The van der Waals surface area contributed by atoms with Crippen molar-refractivity contribution in [3.63, 3.8) is 0 Å². The second-order valence-electron chi connectivity index (χ2n) is 9.43. The molecule has 1 aliphatic carbocycles. The fraction of sp³-hybridized carbons (Fsp3) is 0.609. The van der Waals surface area contributed by atoms with Crippen molar-refractivity contribution in [3.8, 4) is 0 Å². The van der Waals surface area contributed by atoms with E-state index in [0.29, 0.717) is 5.92 Å². The van der Waals surface area contributed by atoms with Gasteiger partial charge in [0, 0.05) is 31.8 Å². The Bertz CT molecular complexity index is 704. The third-order valence-electron chi connectivity index (χ3n) is 6.53. The van der Waals surface area contributed by atoms with Gasteiger partial charge in [-0.2, -0.15) is 0 Å². The van der Waals surface area contributed by atoms with Crippen LogP contribution in [0.1, 0.15) is 71.2 Å². The van der Waals surface area contributed by atoms with E-state index >= 15 is 0 Å². The molecule has 4 heteroatoms. The van der Waals surface area contributed by atoms with Gasteiger partial charge in [-0.3, -0.25) is 4.79 Å². The Labute approximate surface area is 168 Å². The van der Waals surface area contributed by atoms with Crippen LogP contribution in [0.5, 0.6) is 0 Å². The summed E-state index contributed by atoms with van der Waals surface area (Å²) in [6.45, 7) is 13.4. The number of hydrogen-bond donors (Lipinski definition) is 0. The molecule has 0 aromatic heterocycles. The zero-order chi connectivity index (χ0) is 20.4. The maximum Gasteiger partial charge on any atom is 0.193 e. The Balaban J connectivity index is 2.33. The number of allylic oxidation sites excluding steroid dienone is 1. The number of Topliss-reactive ketones (excluding diaryl/α,β-unsaturated/α-hetero) is 1. The van der Waals surface area contributed by atoms with Crippen molar-refractivity contribution >= 4 is 21.2 Å². The highest BCUT2D eigenvalue weighted by Crippen LogP contribution is 2.41. The van der Waals surface area contributed by atoms with Gasteiger partial charge in [-0.05, 0) is 61.9 Å². The molecule has 0 heterocycles. The second-order valence-corrected chi connectivity index (χ2v) is 11.8. The van der Waals surface area contributed by atoms with Gasteiger partial charge in [0.15, 0.2) is 15.5 Å². The Kier molecular flexibility index (Phi) is 6.75. The lowest BCUT2D eigenvalue weighted by Gasteiger charge is -2.40. The summed E-state index contributed by atoms with van der Waals surface area (Å²) in [7, 11) is 3.16. The Morgan fingerprint density at radius 1 is 1.15 bits per heavy atom. The van der Waals surface area contributed by atoms with Crippen LogP contribution < -0.4 is 4.90 Å². The smallest absolute Gasteiger partial charge is 0.193 e. The van der Waals surface area contributed by atoms with Gasteiger partial charge in [0.05, 0.1) is 0 Å². The molecule has 0 N–H and O–H groups in total. The Morgan fingerprint density at radius 2 is 1.74 bits per heavy atom. The van der Waals surface area contributed by atoms with E-state index in [1.807, 2.05) is 38.4 Å². The predicted octanol–water partition coefficient (Wildman–Crippen LogP) is 5.15. The number of anilines is 1. The molecule has 0 radical (unpaired) electrons. The van der Waals surface area contributed by atoms with Gasteiger partial charge in [0.25, 0.3) is 0 Å². The van der Waals surface area contributed by atoms with E-state index < -0.39 is 15.4 Å². The van der Waals surface area contributed by atoms with Crippen LogP contribution in [0.4, 0.5) is 5.69 Å². The van der Waals surface area contributed by atoms with Crippen LogP contribution in [0.25, 0.3) is 0 Å². The summed E-state index contributed by atoms with van der Waals surface area (Å²) in [5, 5.41) is 0.173. The molecule has 27 heavy (non-hydrogen) atoms. The van der Waals surface area contributed by atoms with Crippen molar-refractivity contribution < 1.29 is 9.22 Å². The maximum atomic E-state index is 13.6.